The number of aliphatic imine (C=N–C) groups is 1. The van der Waals surface area contributed by atoms with Gasteiger partial charge < -0.3 is 5.11 Å². The third kappa shape index (κ3) is 4.15. The van der Waals surface area contributed by atoms with Crippen LogP contribution in [-0.4, -0.2) is 64.9 Å². The molecule has 0 saturated heterocycles. The first-order valence-corrected chi connectivity index (χ1v) is 7.98. The van der Waals surface area contributed by atoms with Crippen LogP contribution < -0.4 is 9.86 Å². The van der Waals surface area contributed by atoms with Crippen molar-refractivity contribution in [2.45, 2.75) is 9.79 Å². The zero-order chi connectivity index (χ0) is 14.8. The number of halogens is 1. The number of nitrogens with two attached hydrogens (primary N) is 1. The quantitative estimate of drug-likeness (QED) is 0.551. The van der Waals surface area contributed by atoms with Gasteiger partial charge in [-0.05, 0) is 12.1 Å². The van der Waals surface area contributed by atoms with Crippen LogP contribution in [0.25, 0.3) is 0 Å². The zero-order valence-electron chi connectivity index (χ0n) is 9.53. The Hall–Kier alpha value is -0.200. The van der Waals surface area contributed by atoms with Gasteiger partial charge in [0.15, 0.2) is 0 Å². The fourth-order valence-corrected chi connectivity index (χ4v) is 3.43. The van der Waals surface area contributed by atoms with E-state index in [1.807, 2.05) is 4.72 Å². The van der Waals surface area contributed by atoms with Gasteiger partial charge in [-0.3, -0.25) is 4.72 Å². The summed E-state index contributed by atoms with van der Waals surface area (Å²) in [7, 11) is -6.91. The molecular formula is C8H11ClN3NaO5S2. The summed E-state index contributed by atoms with van der Waals surface area (Å²) in [5, 5.41) is 11.7. The van der Waals surface area contributed by atoms with Crippen LogP contribution in [0.2, 0.25) is 5.02 Å². The Morgan fingerprint density at radius 1 is 1.35 bits per heavy atom. The van der Waals surface area contributed by atoms with E-state index in [1.165, 1.54) is 0 Å². The molecule has 1 aromatic rings. The van der Waals surface area contributed by atoms with Crippen LogP contribution in [0.1, 0.15) is 0 Å². The van der Waals surface area contributed by atoms with Crippen LogP contribution in [0.15, 0.2) is 26.9 Å². The van der Waals surface area contributed by atoms with E-state index in [4.69, 9.17) is 21.8 Å². The predicted molar refractivity (Wildman–Crippen MR) is 76.6 cm³/mol. The van der Waals surface area contributed by atoms with Crippen molar-refractivity contribution < 1.29 is 21.9 Å². The first-order chi connectivity index (χ1) is 8.72. The maximum atomic E-state index is 11.6. The summed E-state index contributed by atoms with van der Waals surface area (Å²) in [6.07, 6.45) is 0.977. The fraction of sp³-hybridized carbons (Fsp3) is 0.125. The Kier molecular flexibility index (Phi) is 7.11. The minimum absolute atomic E-state index is 0. The van der Waals surface area contributed by atoms with E-state index in [0.717, 1.165) is 25.6 Å². The summed E-state index contributed by atoms with van der Waals surface area (Å²) in [5.41, 5.74) is 0.0566. The zero-order valence-corrected chi connectivity index (χ0v) is 11.9. The molecular weight excluding hydrogens is 341 g/mol. The third-order valence-electron chi connectivity index (χ3n) is 2.02. The Balaban J connectivity index is 0.00000115. The molecule has 0 spiro atoms. The number of rotatable bonds is 1. The second kappa shape index (κ2) is 7.18. The van der Waals surface area contributed by atoms with E-state index in [9.17, 15) is 16.8 Å². The molecule has 1 heterocycles. The van der Waals surface area contributed by atoms with Gasteiger partial charge in [0.05, 0.1) is 10.7 Å². The number of aliphatic hydroxyl groups excluding tert-OH is 1. The molecule has 0 saturated carbocycles. The second-order valence-corrected chi connectivity index (χ2v) is 6.79. The predicted octanol–water partition coefficient (Wildman–Crippen LogP) is -1.10. The molecule has 12 heteroatoms. The standard InChI is InChI=1S/C7H6ClN3O4S2.CH4O.Na.H/c8-4-1-5-7(2-6(4)16(9,12)13)17(14,15)11-3-10-5;1-2;;/h1-3H,(H,10,11)(H2,9,12,13);2H,1H3;;. The molecule has 1 aliphatic rings. The Morgan fingerprint density at radius 3 is 2.40 bits per heavy atom. The normalized spacial score (nSPS) is 15.0. The number of nitrogens with zero attached hydrogens (tertiary/aromatic N) is 1. The molecule has 0 unspecified atom stereocenters. The Bertz CT molecular complexity index is 733. The first-order valence-electron chi connectivity index (χ1n) is 4.58. The number of fused-ring (bicyclic) bond motifs is 1. The van der Waals surface area contributed by atoms with Crippen molar-refractivity contribution >= 4 is 73.2 Å². The van der Waals surface area contributed by atoms with Crippen LogP contribution >= 0.6 is 11.6 Å². The average Bonchev–Trinajstić information content (AvgIpc) is 2.28. The molecule has 2 rings (SSSR count). The molecule has 20 heavy (non-hydrogen) atoms. The van der Waals surface area contributed by atoms with Gasteiger partial charge in [0.25, 0.3) is 10.0 Å². The van der Waals surface area contributed by atoms with Crippen LogP contribution in [0, 0.1) is 0 Å². The van der Waals surface area contributed by atoms with Crippen molar-refractivity contribution in [1.82, 2.24) is 4.72 Å². The molecule has 4 N–H and O–H groups in total. The molecule has 0 fully saturated rings. The van der Waals surface area contributed by atoms with Crippen molar-refractivity contribution in [3.8, 4) is 0 Å². The van der Waals surface area contributed by atoms with E-state index in [2.05, 4.69) is 4.99 Å². The van der Waals surface area contributed by atoms with Gasteiger partial charge in [-0.25, -0.2) is 27.0 Å². The van der Waals surface area contributed by atoms with Gasteiger partial charge in [0, 0.05) is 7.11 Å². The number of primary sulfonamides is 1. The Morgan fingerprint density at radius 2 is 1.90 bits per heavy atom. The summed E-state index contributed by atoms with van der Waals surface area (Å²) in [4.78, 5) is 3.00. The third-order valence-corrected chi connectivity index (χ3v) is 4.72. The topological polar surface area (TPSA) is 139 Å². The van der Waals surface area contributed by atoms with Gasteiger partial charge in [0.1, 0.15) is 16.1 Å². The average molecular weight is 352 g/mol. The van der Waals surface area contributed by atoms with Gasteiger partial charge >= 0.3 is 29.6 Å². The van der Waals surface area contributed by atoms with Gasteiger partial charge in [-0.1, -0.05) is 11.6 Å². The van der Waals surface area contributed by atoms with Crippen LogP contribution in [0.3, 0.4) is 0 Å². The van der Waals surface area contributed by atoms with Crippen molar-refractivity contribution in [2.75, 3.05) is 7.11 Å². The summed E-state index contributed by atoms with van der Waals surface area (Å²) in [6.45, 7) is 0. The molecule has 1 aromatic carbocycles. The fourth-order valence-electron chi connectivity index (χ4n) is 1.29. The van der Waals surface area contributed by atoms with Crippen LogP contribution in [0.4, 0.5) is 5.69 Å². The maximum absolute atomic E-state index is 11.6. The molecule has 8 nitrogen and oxygen atoms in total. The first kappa shape index (κ1) is 19.8. The molecule has 0 amide bonds. The van der Waals surface area contributed by atoms with E-state index in [-0.39, 0.29) is 45.2 Å². The van der Waals surface area contributed by atoms with Crippen molar-refractivity contribution in [3.63, 3.8) is 0 Å². The molecule has 0 aliphatic carbocycles. The molecule has 0 bridgehead atoms. The number of nitrogens with one attached hydrogen (secondary N) is 1. The van der Waals surface area contributed by atoms with E-state index in [0.29, 0.717) is 0 Å². The van der Waals surface area contributed by atoms with E-state index >= 15 is 0 Å². The number of hydrogen-bond acceptors (Lipinski definition) is 6. The van der Waals surface area contributed by atoms with Crippen molar-refractivity contribution in [2.24, 2.45) is 10.1 Å². The molecule has 0 atom stereocenters. The Labute approximate surface area is 143 Å². The summed E-state index contributed by atoms with van der Waals surface area (Å²) in [6, 6.07) is 2.01. The number of hydrogen-bond donors (Lipinski definition) is 3. The van der Waals surface area contributed by atoms with Crippen LogP contribution in [0.5, 0.6) is 0 Å². The van der Waals surface area contributed by atoms with Crippen LogP contribution in [-0.2, 0) is 20.0 Å². The number of benzene rings is 1. The van der Waals surface area contributed by atoms with E-state index in [1.54, 1.807) is 0 Å². The van der Waals surface area contributed by atoms with E-state index < -0.39 is 24.9 Å². The minimum atomic E-state index is -4.09. The molecule has 0 radical (unpaired) electrons. The summed E-state index contributed by atoms with van der Waals surface area (Å²) in [5.74, 6) is 0. The molecule has 0 aromatic heterocycles. The monoisotopic (exact) mass is 351 g/mol. The van der Waals surface area contributed by atoms with Gasteiger partial charge in [-0.15, -0.1) is 0 Å². The molecule has 108 valence electrons. The SMILES string of the molecule is CO.NS(=O)(=O)c1cc2c(cc1Cl)N=CNS2(=O)=O.[NaH]. The van der Waals surface area contributed by atoms with Crippen molar-refractivity contribution in [3.05, 3.63) is 17.2 Å². The second-order valence-electron chi connectivity index (χ2n) is 3.17. The van der Waals surface area contributed by atoms with Gasteiger partial charge in [0.2, 0.25) is 10.0 Å². The van der Waals surface area contributed by atoms with Crippen molar-refractivity contribution in [1.29, 1.82) is 0 Å². The number of aliphatic hydroxyl groups is 1. The van der Waals surface area contributed by atoms with Gasteiger partial charge in [-0.2, -0.15) is 0 Å². The molecule has 1 aliphatic heterocycles. The summed E-state index contributed by atoms with van der Waals surface area (Å²) < 4.78 is 47.6. The summed E-state index contributed by atoms with van der Waals surface area (Å²) >= 11 is 5.69. The number of sulfonamides is 2.